The summed E-state index contributed by atoms with van der Waals surface area (Å²) in [7, 11) is 0. The van der Waals surface area contributed by atoms with E-state index in [1.807, 2.05) is 0 Å². The van der Waals surface area contributed by atoms with Crippen molar-refractivity contribution in [1.82, 2.24) is 20.0 Å². The number of carbonyl (C=O) groups excluding carboxylic acids is 2. The molecular weight excluding hydrogens is 517 g/mol. The third-order valence-corrected chi connectivity index (χ3v) is 7.08. The Bertz CT molecular complexity index is 1370. The Morgan fingerprint density at radius 3 is 2.81 bits per heavy atom. The quantitative estimate of drug-likeness (QED) is 0.473. The van der Waals surface area contributed by atoms with E-state index in [0.717, 1.165) is 17.8 Å². The summed E-state index contributed by atoms with van der Waals surface area (Å²) in [6.45, 7) is 1.84. The summed E-state index contributed by atoms with van der Waals surface area (Å²) in [5.74, 6) is -0.365. The van der Waals surface area contributed by atoms with Gasteiger partial charge in [-0.3, -0.25) is 19.2 Å². The van der Waals surface area contributed by atoms with E-state index in [1.165, 1.54) is 21.7 Å². The van der Waals surface area contributed by atoms with Crippen LogP contribution in [0.2, 0.25) is 5.02 Å². The smallest absolute Gasteiger partial charge is 0.378 e. The van der Waals surface area contributed by atoms with E-state index >= 15 is 0 Å². The highest BCUT2D eigenvalue weighted by Crippen LogP contribution is 2.35. The molecule has 0 radical (unpaired) electrons. The molecular formula is C24H20ClF3N4O3S. The number of aromatic nitrogens is 2. The number of carbonyl (C=O) groups is 2. The van der Waals surface area contributed by atoms with Crippen molar-refractivity contribution in [3.8, 4) is 0 Å². The van der Waals surface area contributed by atoms with E-state index in [1.54, 1.807) is 30.5 Å². The summed E-state index contributed by atoms with van der Waals surface area (Å²) >= 11 is 6.65. The highest BCUT2D eigenvalue weighted by molar-refractivity contribution is 8.18. The third kappa shape index (κ3) is 5.15. The lowest BCUT2D eigenvalue weighted by Gasteiger charge is -2.26. The van der Waals surface area contributed by atoms with Gasteiger partial charge in [0.25, 0.3) is 11.1 Å². The van der Waals surface area contributed by atoms with Crippen LogP contribution in [0.15, 0.2) is 47.5 Å². The molecule has 3 heterocycles. The van der Waals surface area contributed by atoms with Crippen LogP contribution < -0.4 is 5.32 Å². The first kappa shape index (κ1) is 24.8. The summed E-state index contributed by atoms with van der Waals surface area (Å²) in [6, 6.07) is 8.80. The number of alkyl halides is 3. The van der Waals surface area contributed by atoms with Crippen molar-refractivity contribution in [2.75, 3.05) is 26.3 Å². The number of fused-ring (bicyclic) bond motifs is 1. The number of amides is 2. The van der Waals surface area contributed by atoms with Crippen LogP contribution in [-0.4, -0.2) is 58.2 Å². The first-order valence-electron chi connectivity index (χ1n) is 11.1. The Labute approximate surface area is 213 Å². The second kappa shape index (κ2) is 9.89. The molecule has 12 heteroatoms. The number of nitrogens with one attached hydrogen (secondary N) is 1. The van der Waals surface area contributed by atoms with Gasteiger partial charge < -0.3 is 10.1 Å². The van der Waals surface area contributed by atoms with Crippen molar-refractivity contribution in [1.29, 1.82) is 0 Å². The monoisotopic (exact) mass is 536 g/mol. The van der Waals surface area contributed by atoms with E-state index in [0.29, 0.717) is 41.1 Å². The van der Waals surface area contributed by atoms with Crippen molar-refractivity contribution in [3.63, 3.8) is 0 Å². The van der Waals surface area contributed by atoms with Crippen LogP contribution in [0.1, 0.15) is 16.7 Å². The lowest BCUT2D eigenvalue weighted by atomic mass is 10.1. The van der Waals surface area contributed by atoms with Crippen molar-refractivity contribution in [3.05, 3.63) is 69.2 Å². The number of morpholine rings is 1. The van der Waals surface area contributed by atoms with Crippen molar-refractivity contribution < 1.29 is 27.5 Å². The van der Waals surface area contributed by atoms with Gasteiger partial charge in [0.1, 0.15) is 0 Å². The molecule has 1 atom stereocenters. The van der Waals surface area contributed by atoms with Crippen molar-refractivity contribution in [2.45, 2.75) is 18.8 Å². The summed E-state index contributed by atoms with van der Waals surface area (Å²) in [4.78, 5) is 26.8. The molecule has 188 valence electrons. The maximum Gasteiger partial charge on any atom is 0.416 e. The van der Waals surface area contributed by atoms with E-state index in [-0.39, 0.29) is 40.9 Å². The van der Waals surface area contributed by atoms with Gasteiger partial charge in [-0.05, 0) is 53.2 Å². The van der Waals surface area contributed by atoms with Crippen LogP contribution in [0.5, 0.6) is 0 Å². The van der Waals surface area contributed by atoms with Crippen LogP contribution >= 0.6 is 23.4 Å². The molecule has 0 bridgehead atoms. The fourth-order valence-electron chi connectivity index (χ4n) is 4.20. The van der Waals surface area contributed by atoms with Gasteiger partial charge in [0.2, 0.25) is 0 Å². The molecule has 2 amide bonds. The molecule has 2 saturated heterocycles. The Morgan fingerprint density at radius 2 is 2.06 bits per heavy atom. The number of hydrogen-bond donors (Lipinski definition) is 1. The molecule has 5 rings (SSSR count). The number of benzene rings is 2. The van der Waals surface area contributed by atoms with Gasteiger partial charge in [-0.15, -0.1) is 0 Å². The topological polar surface area (TPSA) is 76.5 Å². The number of ether oxygens (including phenoxy) is 1. The SMILES string of the molecule is O=C1SC(=Cc2ccc3c(cnn3Cc3ccc(Cl)cc3C(F)(F)F)c2)C(=O)N1CC1COCCN1. The molecule has 7 nitrogen and oxygen atoms in total. The van der Waals surface area contributed by atoms with E-state index in [4.69, 9.17) is 16.3 Å². The molecule has 0 saturated carbocycles. The zero-order chi connectivity index (χ0) is 25.4. The normalized spacial score (nSPS) is 20.2. The zero-order valence-electron chi connectivity index (χ0n) is 18.7. The van der Waals surface area contributed by atoms with E-state index in [9.17, 15) is 22.8 Å². The van der Waals surface area contributed by atoms with Crippen molar-refractivity contribution in [2.24, 2.45) is 0 Å². The molecule has 2 aliphatic rings. The second-order valence-corrected chi connectivity index (χ2v) is 9.87. The highest BCUT2D eigenvalue weighted by Gasteiger charge is 2.37. The van der Waals surface area contributed by atoms with Gasteiger partial charge in [-0.1, -0.05) is 23.7 Å². The number of imide groups is 1. The second-order valence-electron chi connectivity index (χ2n) is 8.44. The molecule has 36 heavy (non-hydrogen) atoms. The number of rotatable bonds is 5. The number of thioether (sulfide) groups is 1. The van der Waals surface area contributed by atoms with Crippen molar-refractivity contribution >= 4 is 51.5 Å². The lowest BCUT2D eigenvalue weighted by molar-refractivity contribution is -0.138. The largest absolute Gasteiger partial charge is 0.416 e. The van der Waals surface area contributed by atoms with Crippen LogP contribution in [0.4, 0.5) is 18.0 Å². The van der Waals surface area contributed by atoms with Gasteiger partial charge in [-0.2, -0.15) is 18.3 Å². The van der Waals surface area contributed by atoms with Crippen LogP contribution in [0.3, 0.4) is 0 Å². The molecule has 1 aromatic heterocycles. The predicted molar refractivity (Wildman–Crippen MR) is 131 cm³/mol. The summed E-state index contributed by atoms with van der Waals surface area (Å²) < 4.78 is 47.3. The van der Waals surface area contributed by atoms with Gasteiger partial charge in [-0.25, -0.2) is 0 Å². The summed E-state index contributed by atoms with van der Waals surface area (Å²) in [5, 5.41) is 7.84. The molecule has 2 fully saturated rings. The average molecular weight is 537 g/mol. The van der Waals surface area contributed by atoms with E-state index in [2.05, 4.69) is 10.4 Å². The zero-order valence-corrected chi connectivity index (χ0v) is 20.3. The number of nitrogens with zero attached hydrogens (tertiary/aromatic N) is 3. The van der Waals surface area contributed by atoms with E-state index < -0.39 is 11.7 Å². The Morgan fingerprint density at radius 1 is 1.22 bits per heavy atom. The van der Waals surface area contributed by atoms with Gasteiger partial charge in [0, 0.05) is 29.5 Å². The minimum atomic E-state index is -4.54. The standard InChI is InChI=1S/C24H20ClF3N4O3S/c25-17-3-2-15(19(9-17)24(26,27)28)11-32-20-4-1-14(7-16(20)10-30-32)8-21-22(33)31(23(34)36-21)12-18-13-35-6-5-29-18/h1-4,7-10,18,29H,5-6,11-13H2. The summed E-state index contributed by atoms with van der Waals surface area (Å²) in [6.07, 6.45) is -1.36. The fourth-order valence-corrected chi connectivity index (χ4v) is 5.22. The van der Waals surface area contributed by atoms with Gasteiger partial charge in [0.05, 0.1) is 41.9 Å². The highest BCUT2D eigenvalue weighted by atomic mass is 35.5. The van der Waals surface area contributed by atoms with Gasteiger partial charge in [0.15, 0.2) is 0 Å². The minimum absolute atomic E-state index is 0.00814. The lowest BCUT2D eigenvalue weighted by Crippen LogP contribution is -2.49. The first-order chi connectivity index (χ1) is 17.2. The Balaban J connectivity index is 1.36. The number of hydrogen-bond acceptors (Lipinski definition) is 6. The maximum atomic E-state index is 13.5. The third-order valence-electron chi connectivity index (χ3n) is 5.94. The average Bonchev–Trinajstić information content (AvgIpc) is 3.35. The molecule has 3 aromatic rings. The van der Waals surface area contributed by atoms with Crippen LogP contribution in [-0.2, 0) is 22.3 Å². The molecule has 1 unspecified atom stereocenters. The molecule has 2 aliphatic heterocycles. The molecule has 0 spiro atoms. The van der Waals surface area contributed by atoms with Gasteiger partial charge >= 0.3 is 6.18 Å². The molecule has 0 aliphatic carbocycles. The fraction of sp³-hybridized carbons (Fsp3) is 0.292. The predicted octanol–water partition coefficient (Wildman–Crippen LogP) is 4.78. The Hall–Kier alpha value is -2.86. The molecule has 2 aromatic carbocycles. The first-order valence-corrected chi connectivity index (χ1v) is 12.3. The summed E-state index contributed by atoms with van der Waals surface area (Å²) in [5.41, 5.74) is 0.550. The number of halogens is 4. The minimum Gasteiger partial charge on any atom is -0.378 e. The Kier molecular flexibility index (Phi) is 6.82. The maximum absolute atomic E-state index is 13.5. The molecule has 1 N–H and O–H groups in total. The van der Waals surface area contributed by atoms with Crippen LogP contribution in [0, 0.1) is 0 Å². The van der Waals surface area contributed by atoms with Crippen LogP contribution in [0.25, 0.3) is 17.0 Å².